The molecular formula is C14H15FN2O. The SMILES string of the molecule is COc1ccc(CNc2ccc(C)cn2)cc1F. The molecule has 0 atom stereocenters. The van der Waals surface area contributed by atoms with Crippen molar-refractivity contribution in [3.05, 3.63) is 53.5 Å². The topological polar surface area (TPSA) is 34.1 Å². The highest BCUT2D eigenvalue weighted by Crippen LogP contribution is 2.18. The Kier molecular flexibility index (Phi) is 3.77. The highest BCUT2D eigenvalue weighted by atomic mass is 19.1. The molecule has 0 saturated carbocycles. The summed E-state index contributed by atoms with van der Waals surface area (Å²) in [6, 6.07) is 8.77. The molecule has 0 aliphatic heterocycles. The van der Waals surface area contributed by atoms with Gasteiger partial charge in [0.2, 0.25) is 0 Å². The minimum Gasteiger partial charge on any atom is -0.494 e. The summed E-state index contributed by atoms with van der Waals surface area (Å²) in [6.45, 7) is 2.51. The fraction of sp³-hybridized carbons (Fsp3) is 0.214. The zero-order valence-electron chi connectivity index (χ0n) is 10.4. The van der Waals surface area contributed by atoms with E-state index >= 15 is 0 Å². The number of methoxy groups -OCH3 is 1. The van der Waals surface area contributed by atoms with Crippen molar-refractivity contribution >= 4 is 5.82 Å². The summed E-state index contributed by atoms with van der Waals surface area (Å²) in [6.07, 6.45) is 1.79. The van der Waals surface area contributed by atoms with Crippen molar-refractivity contribution in [3.63, 3.8) is 0 Å². The van der Waals surface area contributed by atoms with Gasteiger partial charge in [0.25, 0.3) is 0 Å². The number of nitrogens with one attached hydrogen (secondary N) is 1. The van der Waals surface area contributed by atoms with Gasteiger partial charge >= 0.3 is 0 Å². The average molecular weight is 246 g/mol. The molecule has 0 saturated heterocycles. The molecule has 0 unspecified atom stereocenters. The summed E-state index contributed by atoms with van der Waals surface area (Å²) in [5.41, 5.74) is 1.95. The van der Waals surface area contributed by atoms with Crippen LogP contribution in [0.25, 0.3) is 0 Å². The van der Waals surface area contributed by atoms with Crippen molar-refractivity contribution in [2.45, 2.75) is 13.5 Å². The lowest BCUT2D eigenvalue weighted by Crippen LogP contribution is -2.02. The highest BCUT2D eigenvalue weighted by Gasteiger charge is 2.03. The zero-order chi connectivity index (χ0) is 13.0. The first-order valence-corrected chi connectivity index (χ1v) is 5.68. The van der Waals surface area contributed by atoms with Crippen LogP contribution in [0.5, 0.6) is 5.75 Å². The standard InChI is InChI=1S/C14H15FN2O/c1-10-3-6-14(16-8-10)17-9-11-4-5-13(18-2)12(15)7-11/h3-8H,9H2,1-2H3,(H,16,17). The summed E-state index contributed by atoms with van der Waals surface area (Å²) < 4.78 is 18.3. The third-order valence-electron chi connectivity index (χ3n) is 2.60. The average Bonchev–Trinajstić information content (AvgIpc) is 2.38. The molecule has 0 bridgehead atoms. The minimum absolute atomic E-state index is 0.257. The van der Waals surface area contributed by atoms with Crippen molar-refractivity contribution in [2.24, 2.45) is 0 Å². The molecule has 1 heterocycles. The van der Waals surface area contributed by atoms with E-state index in [1.165, 1.54) is 13.2 Å². The third kappa shape index (κ3) is 2.97. The third-order valence-corrected chi connectivity index (χ3v) is 2.60. The van der Waals surface area contributed by atoms with Gasteiger partial charge in [0.1, 0.15) is 5.82 Å². The van der Waals surface area contributed by atoms with Gasteiger partial charge in [-0.05, 0) is 36.2 Å². The molecule has 0 aliphatic rings. The van der Waals surface area contributed by atoms with Crippen molar-refractivity contribution in [2.75, 3.05) is 12.4 Å². The lowest BCUT2D eigenvalue weighted by Gasteiger charge is -2.07. The highest BCUT2D eigenvalue weighted by molar-refractivity contribution is 5.37. The predicted molar refractivity (Wildman–Crippen MR) is 69.3 cm³/mol. The Morgan fingerprint density at radius 1 is 1.28 bits per heavy atom. The van der Waals surface area contributed by atoms with Crippen LogP contribution in [-0.4, -0.2) is 12.1 Å². The van der Waals surface area contributed by atoms with Crippen molar-refractivity contribution in [3.8, 4) is 5.75 Å². The lowest BCUT2D eigenvalue weighted by molar-refractivity contribution is 0.386. The van der Waals surface area contributed by atoms with E-state index in [2.05, 4.69) is 10.3 Å². The molecule has 94 valence electrons. The molecule has 3 nitrogen and oxygen atoms in total. The first-order valence-electron chi connectivity index (χ1n) is 5.68. The van der Waals surface area contributed by atoms with Gasteiger partial charge in [-0.1, -0.05) is 12.1 Å². The van der Waals surface area contributed by atoms with Gasteiger partial charge in [0.15, 0.2) is 11.6 Å². The van der Waals surface area contributed by atoms with E-state index in [1.807, 2.05) is 25.1 Å². The number of ether oxygens (including phenoxy) is 1. The number of halogens is 1. The van der Waals surface area contributed by atoms with Crippen LogP contribution < -0.4 is 10.1 Å². The molecule has 0 spiro atoms. The van der Waals surface area contributed by atoms with Gasteiger partial charge < -0.3 is 10.1 Å². The second-order valence-corrected chi connectivity index (χ2v) is 4.04. The zero-order valence-corrected chi connectivity index (χ0v) is 10.4. The van der Waals surface area contributed by atoms with E-state index in [9.17, 15) is 4.39 Å². The number of nitrogens with zero attached hydrogens (tertiary/aromatic N) is 1. The largest absolute Gasteiger partial charge is 0.494 e. The minimum atomic E-state index is -0.353. The molecular weight excluding hydrogens is 231 g/mol. The predicted octanol–water partition coefficient (Wildman–Crippen LogP) is 3.15. The van der Waals surface area contributed by atoms with Crippen molar-refractivity contribution in [1.29, 1.82) is 0 Å². The summed E-state index contributed by atoms with van der Waals surface area (Å²) in [5, 5.41) is 3.13. The maximum atomic E-state index is 13.5. The van der Waals surface area contributed by atoms with Crippen LogP contribution in [0, 0.1) is 12.7 Å². The summed E-state index contributed by atoms with van der Waals surface area (Å²) in [7, 11) is 1.45. The van der Waals surface area contributed by atoms with E-state index < -0.39 is 0 Å². The van der Waals surface area contributed by atoms with Crippen LogP contribution in [0.1, 0.15) is 11.1 Å². The van der Waals surface area contributed by atoms with E-state index in [4.69, 9.17) is 4.74 Å². The molecule has 2 aromatic rings. The summed E-state index contributed by atoms with van der Waals surface area (Å²) >= 11 is 0. The maximum Gasteiger partial charge on any atom is 0.165 e. The van der Waals surface area contributed by atoms with Gasteiger partial charge in [0.05, 0.1) is 7.11 Å². The number of hydrogen-bond acceptors (Lipinski definition) is 3. The Morgan fingerprint density at radius 3 is 2.72 bits per heavy atom. The second kappa shape index (κ2) is 5.49. The molecule has 2 rings (SSSR count). The monoisotopic (exact) mass is 246 g/mol. The quantitative estimate of drug-likeness (QED) is 0.899. The van der Waals surface area contributed by atoms with Crippen LogP contribution in [0.3, 0.4) is 0 Å². The van der Waals surface area contributed by atoms with E-state index in [1.54, 1.807) is 12.3 Å². The molecule has 0 radical (unpaired) electrons. The van der Waals surface area contributed by atoms with E-state index in [0.29, 0.717) is 6.54 Å². The Morgan fingerprint density at radius 2 is 2.11 bits per heavy atom. The van der Waals surface area contributed by atoms with Gasteiger partial charge in [-0.2, -0.15) is 0 Å². The summed E-state index contributed by atoms with van der Waals surface area (Å²) in [5.74, 6) is 0.678. The number of anilines is 1. The Bertz CT molecular complexity index is 526. The first kappa shape index (κ1) is 12.4. The molecule has 4 heteroatoms. The molecule has 0 amide bonds. The van der Waals surface area contributed by atoms with Crippen LogP contribution in [-0.2, 0) is 6.54 Å². The normalized spacial score (nSPS) is 10.2. The Labute approximate surface area is 106 Å². The van der Waals surface area contributed by atoms with Gasteiger partial charge in [-0.25, -0.2) is 9.37 Å². The molecule has 1 aromatic heterocycles. The van der Waals surface area contributed by atoms with Crippen LogP contribution in [0.15, 0.2) is 36.5 Å². The van der Waals surface area contributed by atoms with Crippen molar-refractivity contribution in [1.82, 2.24) is 4.98 Å². The van der Waals surface area contributed by atoms with Crippen LogP contribution in [0.4, 0.5) is 10.2 Å². The number of pyridine rings is 1. The Hall–Kier alpha value is -2.10. The number of aromatic nitrogens is 1. The molecule has 18 heavy (non-hydrogen) atoms. The van der Waals surface area contributed by atoms with Gasteiger partial charge in [-0.15, -0.1) is 0 Å². The van der Waals surface area contributed by atoms with E-state index in [-0.39, 0.29) is 11.6 Å². The second-order valence-electron chi connectivity index (χ2n) is 4.04. The number of rotatable bonds is 4. The van der Waals surface area contributed by atoms with Gasteiger partial charge in [0, 0.05) is 12.7 Å². The molecule has 1 N–H and O–H groups in total. The number of hydrogen-bond donors (Lipinski definition) is 1. The molecule has 1 aromatic carbocycles. The summed E-state index contributed by atoms with van der Waals surface area (Å²) in [4.78, 5) is 4.22. The molecule has 0 aliphatic carbocycles. The smallest absolute Gasteiger partial charge is 0.165 e. The van der Waals surface area contributed by atoms with Gasteiger partial charge in [-0.3, -0.25) is 0 Å². The lowest BCUT2D eigenvalue weighted by atomic mass is 10.2. The van der Waals surface area contributed by atoms with E-state index in [0.717, 1.165) is 16.9 Å². The fourth-order valence-electron chi connectivity index (χ4n) is 1.58. The molecule has 0 fully saturated rings. The number of aryl methyl sites for hydroxylation is 1. The number of benzene rings is 1. The van der Waals surface area contributed by atoms with Crippen LogP contribution >= 0.6 is 0 Å². The van der Waals surface area contributed by atoms with Crippen LogP contribution in [0.2, 0.25) is 0 Å². The first-order chi connectivity index (χ1) is 8.69. The fourth-order valence-corrected chi connectivity index (χ4v) is 1.58. The maximum absolute atomic E-state index is 13.5. The van der Waals surface area contributed by atoms with Crippen molar-refractivity contribution < 1.29 is 9.13 Å². The Balaban J connectivity index is 2.02.